The first kappa shape index (κ1) is 20.0. The number of anilines is 2. The second-order valence-electron chi connectivity index (χ2n) is 7.00. The van der Waals surface area contributed by atoms with Crippen molar-refractivity contribution in [1.82, 2.24) is 4.90 Å². The summed E-state index contributed by atoms with van der Waals surface area (Å²) in [6.07, 6.45) is -2.06. The lowest BCUT2D eigenvalue weighted by molar-refractivity contribution is -0.137. The quantitative estimate of drug-likeness (QED) is 0.794. The maximum Gasteiger partial charge on any atom is 0.416 e. The molecular weight excluding hydrogens is 367 g/mol. The average molecular weight is 391 g/mol. The highest BCUT2D eigenvalue weighted by Gasteiger charge is 2.30. The van der Waals surface area contributed by atoms with E-state index >= 15 is 0 Å². The van der Waals surface area contributed by atoms with Gasteiger partial charge in [-0.15, -0.1) is 0 Å². The predicted octanol–water partition coefficient (Wildman–Crippen LogP) is 4.38. The van der Waals surface area contributed by atoms with Crippen LogP contribution in [0.5, 0.6) is 0 Å². The van der Waals surface area contributed by atoms with Crippen LogP contribution in [-0.2, 0) is 17.5 Å². The van der Waals surface area contributed by atoms with E-state index in [-0.39, 0.29) is 18.1 Å². The van der Waals surface area contributed by atoms with Gasteiger partial charge in [-0.3, -0.25) is 4.79 Å². The van der Waals surface area contributed by atoms with Gasteiger partial charge in [0.1, 0.15) is 0 Å². The van der Waals surface area contributed by atoms with Crippen LogP contribution in [0.1, 0.15) is 24.0 Å². The first-order valence-corrected chi connectivity index (χ1v) is 9.32. The zero-order valence-electron chi connectivity index (χ0n) is 15.8. The number of carbonyl (C=O) groups is 1. The molecule has 0 radical (unpaired) electrons. The Labute approximate surface area is 162 Å². The van der Waals surface area contributed by atoms with Gasteiger partial charge in [0.15, 0.2) is 0 Å². The van der Waals surface area contributed by atoms with Gasteiger partial charge in [0.25, 0.3) is 0 Å². The number of amides is 1. The number of carbonyl (C=O) groups excluding carboxylic acids is 1. The number of hydrogen-bond donors (Lipinski definition) is 1. The molecule has 4 nitrogen and oxygen atoms in total. The van der Waals surface area contributed by atoms with Crippen LogP contribution >= 0.6 is 0 Å². The summed E-state index contributed by atoms with van der Waals surface area (Å²) in [6, 6.07) is 12.9. The van der Waals surface area contributed by atoms with Crippen molar-refractivity contribution in [3.63, 3.8) is 0 Å². The van der Waals surface area contributed by atoms with Crippen molar-refractivity contribution in [3.8, 4) is 0 Å². The van der Waals surface area contributed by atoms with Gasteiger partial charge in [0.05, 0.1) is 12.1 Å². The maximum absolute atomic E-state index is 12.8. The summed E-state index contributed by atoms with van der Waals surface area (Å²) in [5.74, 6) is -0.186. The Morgan fingerprint density at radius 2 is 1.82 bits per heavy atom. The van der Waals surface area contributed by atoms with Crippen LogP contribution in [0, 0.1) is 0 Å². The van der Waals surface area contributed by atoms with Crippen LogP contribution in [0.4, 0.5) is 24.5 Å². The molecule has 0 saturated carbocycles. The van der Waals surface area contributed by atoms with Crippen LogP contribution in [0.25, 0.3) is 0 Å². The summed E-state index contributed by atoms with van der Waals surface area (Å²) in [6.45, 7) is 2.43. The molecule has 3 rings (SSSR count). The molecule has 2 aromatic rings. The van der Waals surface area contributed by atoms with Crippen LogP contribution in [0.2, 0.25) is 0 Å². The molecule has 0 spiro atoms. The van der Waals surface area contributed by atoms with Crippen molar-refractivity contribution >= 4 is 17.3 Å². The Balaban J connectivity index is 1.60. The van der Waals surface area contributed by atoms with Crippen molar-refractivity contribution in [2.24, 2.45) is 0 Å². The van der Waals surface area contributed by atoms with Crippen LogP contribution < -0.4 is 10.2 Å². The highest BCUT2D eigenvalue weighted by Crippen LogP contribution is 2.30. The largest absolute Gasteiger partial charge is 0.416 e. The van der Waals surface area contributed by atoms with Crippen molar-refractivity contribution in [2.45, 2.75) is 25.6 Å². The van der Waals surface area contributed by atoms with E-state index < -0.39 is 11.7 Å². The second kappa shape index (κ2) is 8.54. The zero-order valence-corrected chi connectivity index (χ0v) is 15.8. The lowest BCUT2D eigenvalue weighted by Crippen LogP contribution is -2.32. The van der Waals surface area contributed by atoms with Crippen LogP contribution in [-0.4, -0.2) is 37.5 Å². The predicted molar refractivity (Wildman–Crippen MR) is 104 cm³/mol. The van der Waals surface area contributed by atoms with Gasteiger partial charge in [0, 0.05) is 38.1 Å². The van der Waals surface area contributed by atoms with E-state index in [0.717, 1.165) is 36.5 Å². The fourth-order valence-electron chi connectivity index (χ4n) is 3.37. The molecule has 1 aliphatic heterocycles. The fourth-order valence-corrected chi connectivity index (χ4v) is 3.37. The minimum absolute atomic E-state index is 0.0658. The van der Waals surface area contributed by atoms with Crippen LogP contribution in [0.3, 0.4) is 0 Å². The first-order chi connectivity index (χ1) is 13.3. The average Bonchev–Trinajstić information content (AvgIpc) is 3.20. The number of hydrogen-bond acceptors (Lipinski definition) is 3. The molecule has 0 atom stereocenters. The number of para-hydroxylation sites is 1. The molecule has 28 heavy (non-hydrogen) atoms. The summed E-state index contributed by atoms with van der Waals surface area (Å²) >= 11 is 0. The number of likely N-dealkylation sites (N-methyl/N-ethyl adjacent to an activating group) is 1. The molecule has 1 fully saturated rings. The molecule has 1 aliphatic rings. The number of alkyl halides is 3. The molecule has 0 unspecified atom stereocenters. The lowest BCUT2D eigenvalue weighted by Gasteiger charge is -2.24. The van der Waals surface area contributed by atoms with Gasteiger partial charge < -0.3 is 15.1 Å². The Morgan fingerprint density at radius 1 is 1.11 bits per heavy atom. The summed E-state index contributed by atoms with van der Waals surface area (Å²) in [4.78, 5) is 16.4. The van der Waals surface area contributed by atoms with E-state index in [1.807, 2.05) is 18.2 Å². The highest BCUT2D eigenvalue weighted by atomic mass is 19.4. The Morgan fingerprint density at radius 3 is 2.54 bits per heavy atom. The fraction of sp³-hybridized carbons (Fsp3) is 0.381. The van der Waals surface area contributed by atoms with Gasteiger partial charge >= 0.3 is 6.18 Å². The number of rotatable bonds is 6. The van der Waals surface area contributed by atoms with Crippen molar-refractivity contribution in [3.05, 3.63) is 59.7 Å². The van der Waals surface area contributed by atoms with Gasteiger partial charge in [-0.2, -0.15) is 13.2 Å². The molecule has 150 valence electrons. The molecule has 7 heteroatoms. The summed E-state index contributed by atoms with van der Waals surface area (Å²) in [5, 5.41) is 2.79. The molecule has 0 aromatic heterocycles. The SMILES string of the molecule is CN(Cc1ccccc1N1CCCC1)C(=O)CNc1cccc(C(F)(F)F)c1. The van der Waals surface area contributed by atoms with Gasteiger partial charge in [0.2, 0.25) is 5.91 Å². The molecule has 1 heterocycles. The van der Waals surface area contributed by atoms with E-state index in [4.69, 9.17) is 0 Å². The van der Waals surface area contributed by atoms with Crippen molar-refractivity contribution in [2.75, 3.05) is 36.9 Å². The van der Waals surface area contributed by atoms with Gasteiger partial charge in [-0.05, 0) is 42.7 Å². The number of nitrogens with zero attached hydrogens (tertiary/aromatic N) is 2. The van der Waals surface area contributed by atoms with Crippen molar-refractivity contribution in [1.29, 1.82) is 0 Å². The molecule has 2 aromatic carbocycles. The third-order valence-corrected chi connectivity index (χ3v) is 4.91. The lowest BCUT2D eigenvalue weighted by atomic mass is 10.1. The summed E-state index contributed by atoms with van der Waals surface area (Å²) in [5.41, 5.74) is 1.75. The second-order valence-corrected chi connectivity index (χ2v) is 7.00. The first-order valence-electron chi connectivity index (χ1n) is 9.32. The Bertz CT molecular complexity index is 817. The molecular formula is C21H24F3N3O. The van der Waals surface area contributed by atoms with Crippen LogP contribution in [0.15, 0.2) is 48.5 Å². The van der Waals surface area contributed by atoms with Gasteiger partial charge in [-0.1, -0.05) is 24.3 Å². The van der Waals surface area contributed by atoms with E-state index in [9.17, 15) is 18.0 Å². The standard InChI is InChI=1S/C21H24F3N3O/c1-26(15-16-7-2-3-10-19(16)27-11-4-5-12-27)20(28)14-25-18-9-6-8-17(13-18)21(22,23)24/h2-3,6-10,13,25H,4-5,11-12,14-15H2,1H3. The Kier molecular flexibility index (Phi) is 6.11. The maximum atomic E-state index is 12.8. The third-order valence-electron chi connectivity index (χ3n) is 4.91. The Hall–Kier alpha value is -2.70. The van der Waals surface area contributed by atoms with E-state index in [0.29, 0.717) is 6.54 Å². The topological polar surface area (TPSA) is 35.6 Å². The third kappa shape index (κ3) is 4.97. The van der Waals surface area contributed by atoms with Gasteiger partial charge in [-0.25, -0.2) is 0 Å². The van der Waals surface area contributed by atoms with E-state index in [1.54, 1.807) is 11.9 Å². The number of nitrogens with one attached hydrogen (secondary N) is 1. The van der Waals surface area contributed by atoms with E-state index in [2.05, 4.69) is 16.3 Å². The minimum Gasteiger partial charge on any atom is -0.376 e. The minimum atomic E-state index is -4.40. The molecule has 1 amide bonds. The molecule has 0 bridgehead atoms. The molecule has 0 aliphatic carbocycles. The highest BCUT2D eigenvalue weighted by molar-refractivity contribution is 5.80. The number of halogens is 3. The molecule has 1 N–H and O–H groups in total. The summed E-state index contributed by atoms with van der Waals surface area (Å²) < 4.78 is 38.4. The zero-order chi connectivity index (χ0) is 20.1. The van der Waals surface area contributed by atoms with E-state index in [1.165, 1.54) is 25.0 Å². The molecule has 1 saturated heterocycles. The normalized spacial score (nSPS) is 14.2. The van der Waals surface area contributed by atoms with Crippen molar-refractivity contribution < 1.29 is 18.0 Å². The smallest absolute Gasteiger partial charge is 0.376 e. The monoisotopic (exact) mass is 391 g/mol. The summed E-state index contributed by atoms with van der Waals surface area (Å²) in [7, 11) is 1.71. The number of benzene rings is 2.